The van der Waals surface area contributed by atoms with E-state index in [0.29, 0.717) is 5.65 Å². The summed E-state index contributed by atoms with van der Waals surface area (Å²) in [5.41, 5.74) is 8.87. The first-order chi connectivity index (χ1) is 7.74. The van der Waals surface area contributed by atoms with E-state index in [-0.39, 0.29) is 5.95 Å². The lowest BCUT2D eigenvalue weighted by Gasteiger charge is -1.94. The lowest BCUT2D eigenvalue weighted by Crippen LogP contribution is -2.03. The van der Waals surface area contributed by atoms with Crippen LogP contribution in [0.2, 0.25) is 0 Å². The number of thiazole rings is 1. The minimum atomic E-state index is 0.242. The summed E-state index contributed by atoms with van der Waals surface area (Å²) in [5.74, 6) is 0.242. The number of imidazole rings is 1. The van der Waals surface area contributed by atoms with Crippen LogP contribution in [0.25, 0.3) is 21.9 Å². The molecule has 0 fully saturated rings. The second-order valence-corrected chi connectivity index (χ2v) is 4.24. The highest BCUT2D eigenvalue weighted by molar-refractivity contribution is 7.13. The SMILES string of the molecule is Cc1csc(-c2nc(N)nc3[nH+]c[nH]c23)n1. The van der Waals surface area contributed by atoms with Gasteiger partial charge in [0.05, 0.1) is 0 Å². The van der Waals surface area contributed by atoms with E-state index in [1.165, 1.54) is 11.3 Å². The van der Waals surface area contributed by atoms with Crippen LogP contribution in [0.4, 0.5) is 5.95 Å². The van der Waals surface area contributed by atoms with E-state index in [1.807, 2.05) is 12.3 Å². The van der Waals surface area contributed by atoms with E-state index in [2.05, 4.69) is 24.9 Å². The van der Waals surface area contributed by atoms with Crippen LogP contribution in [0.15, 0.2) is 11.7 Å². The minimum Gasteiger partial charge on any atom is -0.354 e. The van der Waals surface area contributed by atoms with Gasteiger partial charge in [0.1, 0.15) is 5.01 Å². The number of nitrogens with two attached hydrogens (primary N) is 1. The molecule has 0 bridgehead atoms. The fourth-order valence-electron chi connectivity index (χ4n) is 1.51. The molecule has 3 aromatic rings. The fourth-order valence-corrected chi connectivity index (χ4v) is 2.30. The van der Waals surface area contributed by atoms with E-state index in [9.17, 15) is 0 Å². The Morgan fingerprint density at radius 1 is 1.38 bits per heavy atom. The molecule has 3 rings (SSSR count). The van der Waals surface area contributed by atoms with Crippen molar-refractivity contribution >= 4 is 28.4 Å². The summed E-state index contributed by atoms with van der Waals surface area (Å²) < 4.78 is 0. The van der Waals surface area contributed by atoms with E-state index in [1.54, 1.807) is 6.33 Å². The van der Waals surface area contributed by atoms with Crippen molar-refractivity contribution in [2.75, 3.05) is 5.73 Å². The molecule has 16 heavy (non-hydrogen) atoms. The number of nitrogens with one attached hydrogen (secondary N) is 2. The number of fused-ring (bicyclic) bond motifs is 1. The third-order valence-electron chi connectivity index (χ3n) is 2.17. The molecule has 0 radical (unpaired) electrons. The molecule has 7 heteroatoms. The largest absolute Gasteiger partial charge is 0.354 e. The lowest BCUT2D eigenvalue weighted by atomic mass is 10.3. The zero-order chi connectivity index (χ0) is 11.1. The van der Waals surface area contributed by atoms with Gasteiger partial charge in [-0.3, -0.25) is 4.98 Å². The number of hydrogen-bond donors (Lipinski definition) is 2. The van der Waals surface area contributed by atoms with E-state index in [4.69, 9.17) is 5.73 Å². The summed E-state index contributed by atoms with van der Waals surface area (Å²) in [4.78, 5) is 18.7. The van der Waals surface area contributed by atoms with Crippen LogP contribution in [-0.4, -0.2) is 19.9 Å². The first-order valence-electron chi connectivity index (χ1n) is 4.69. The number of nitrogen functional groups attached to an aromatic ring is 1. The number of aryl methyl sites for hydroxylation is 1. The van der Waals surface area contributed by atoms with Gasteiger partial charge in [-0.2, -0.15) is 4.98 Å². The Morgan fingerprint density at radius 3 is 3.00 bits per heavy atom. The fraction of sp³-hybridized carbons (Fsp3) is 0.111. The molecule has 0 aliphatic carbocycles. The maximum Gasteiger partial charge on any atom is 0.305 e. The molecule has 0 aliphatic rings. The Hall–Kier alpha value is -2.02. The second-order valence-electron chi connectivity index (χ2n) is 3.38. The minimum absolute atomic E-state index is 0.242. The summed E-state index contributed by atoms with van der Waals surface area (Å²) in [5, 5.41) is 2.82. The molecule has 3 heterocycles. The molecule has 0 aliphatic heterocycles. The molecule has 0 aromatic carbocycles. The Morgan fingerprint density at radius 2 is 2.25 bits per heavy atom. The van der Waals surface area contributed by atoms with Crippen LogP contribution in [0.3, 0.4) is 0 Å². The predicted octanol–water partition coefficient (Wildman–Crippen LogP) is 0.786. The zero-order valence-corrected chi connectivity index (χ0v) is 9.30. The molecule has 0 saturated carbocycles. The van der Waals surface area contributed by atoms with Crippen molar-refractivity contribution < 1.29 is 4.98 Å². The Bertz CT molecular complexity index is 655. The van der Waals surface area contributed by atoms with Crippen LogP contribution >= 0.6 is 11.3 Å². The van der Waals surface area contributed by atoms with Gasteiger partial charge >= 0.3 is 5.65 Å². The van der Waals surface area contributed by atoms with Gasteiger partial charge in [-0.15, -0.1) is 11.3 Å². The quantitative estimate of drug-likeness (QED) is 0.649. The average Bonchev–Trinajstić information content (AvgIpc) is 2.84. The Balaban J connectivity index is 2.33. The summed E-state index contributed by atoms with van der Waals surface area (Å²) >= 11 is 1.54. The first-order valence-corrected chi connectivity index (χ1v) is 5.57. The first kappa shape index (κ1) is 9.22. The Kier molecular flexibility index (Phi) is 1.87. The molecule has 0 unspecified atom stereocenters. The van der Waals surface area contributed by atoms with Gasteiger partial charge in [0.2, 0.25) is 5.52 Å². The number of anilines is 1. The highest BCUT2D eigenvalue weighted by Gasteiger charge is 2.17. The van der Waals surface area contributed by atoms with E-state index < -0.39 is 0 Å². The zero-order valence-electron chi connectivity index (χ0n) is 8.48. The molecular weight excluding hydrogens is 224 g/mol. The van der Waals surface area contributed by atoms with Crippen molar-refractivity contribution in [2.45, 2.75) is 6.92 Å². The van der Waals surface area contributed by atoms with Gasteiger partial charge in [-0.25, -0.2) is 9.97 Å². The third kappa shape index (κ3) is 1.33. The van der Waals surface area contributed by atoms with Crippen LogP contribution in [0, 0.1) is 6.92 Å². The van der Waals surface area contributed by atoms with Gasteiger partial charge < -0.3 is 5.73 Å². The molecule has 0 saturated heterocycles. The second kappa shape index (κ2) is 3.24. The van der Waals surface area contributed by atoms with Gasteiger partial charge in [0.15, 0.2) is 12.0 Å². The van der Waals surface area contributed by atoms with Gasteiger partial charge in [0, 0.05) is 11.1 Å². The standard InChI is InChI=1S/C9H8N6S/c1-4-2-16-8(13-4)6-5-7(12-3-11-5)15-9(10)14-6/h2-3H,1H3,(H3,10,11,12,14,15)/p+1. The van der Waals surface area contributed by atoms with Crippen molar-refractivity contribution in [1.82, 2.24) is 19.9 Å². The molecule has 4 N–H and O–H groups in total. The topological polar surface area (TPSA) is 94.6 Å². The molecule has 3 aromatic heterocycles. The summed E-state index contributed by atoms with van der Waals surface area (Å²) in [6.45, 7) is 1.95. The number of H-pyrrole nitrogens is 2. The molecular formula is C9H9N6S+. The smallest absolute Gasteiger partial charge is 0.305 e. The van der Waals surface area contributed by atoms with Gasteiger partial charge in [0.25, 0.3) is 5.95 Å². The lowest BCUT2D eigenvalue weighted by molar-refractivity contribution is -0.347. The van der Waals surface area contributed by atoms with Gasteiger partial charge in [-0.05, 0) is 6.92 Å². The molecule has 0 spiro atoms. The average molecular weight is 233 g/mol. The summed E-state index contributed by atoms with van der Waals surface area (Å²) in [6, 6.07) is 0. The normalized spacial score (nSPS) is 11.1. The Labute approximate surface area is 94.6 Å². The van der Waals surface area contributed by atoms with Crippen molar-refractivity contribution in [1.29, 1.82) is 0 Å². The monoisotopic (exact) mass is 233 g/mol. The van der Waals surface area contributed by atoms with Crippen LogP contribution in [0.5, 0.6) is 0 Å². The van der Waals surface area contributed by atoms with E-state index in [0.717, 1.165) is 21.9 Å². The number of aromatic nitrogens is 5. The maximum absolute atomic E-state index is 5.65. The van der Waals surface area contributed by atoms with Crippen LogP contribution in [-0.2, 0) is 0 Å². The van der Waals surface area contributed by atoms with E-state index >= 15 is 0 Å². The highest BCUT2D eigenvalue weighted by atomic mass is 32.1. The number of rotatable bonds is 1. The summed E-state index contributed by atoms with van der Waals surface area (Å²) in [7, 11) is 0. The van der Waals surface area contributed by atoms with Crippen molar-refractivity contribution in [3.05, 3.63) is 17.4 Å². The number of hydrogen-bond acceptors (Lipinski definition) is 5. The van der Waals surface area contributed by atoms with Crippen molar-refractivity contribution in [2.24, 2.45) is 0 Å². The molecule has 6 nitrogen and oxygen atoms in total. The molecule has 0 atom stereocenters. The van der Waals surface area contributed by atoms with Crippen LogP contribution < -0.4 is 10.7 Å². The maximum atomic E-state index is 5.65. The highest BCUT2D eigenvalue weighted by Crippen LogP contribution is 2.26. The third-order valence-corrected chi connectivity index (χ3v) is 3.14. The van der Waals surface area contributed by atoms with Crippen molar-refractivity contribution in [3.8, 4) is 10.7 Å². The van der Waals surface area contributed by atoms with Crippen molar-refractivity contribution in [3.63, 3.8) is 0 Å². The number of aromatic amines is 2. The molecule has 0 amide bonds. The van der Waals surface area contributed by atoms with Gasteiger partial charge in [-0.1, -0.05) is 4.98 Å². The van der Waals surface area contributed by atoms with Crippen LogP contribution in [0.1, 0.15) is 5.69 Å². The number of nitrogens with zero attached hydrogens (tertiary/aromatic N) is 3. The molecule has 80 valence electrons. The summed E-state index contributed by atoms with van der Waals surface area (Å²) in [6.07, 6.45) is 1.70. The predicted molar refractivity (Wildman–Crippen MR) is 60.7 cm³/mol.